The highest BCUT2D eigenvalue weighted by Crippen LogP contribution is 2.32. The van der Waals surface area contributed by atoms with Gasteiger partial charge in [-0.1, -0.05) is 18.2 Å². The Bertz CT molecular complexity index is 1520. The van der Waals surface area contributed by atoms with Crippen molar-refractivity contribution in [1.82, 2.24) is 0 Å². The minimum absolute atomic E-state index is 0.0499. The molecular weight excluding hydrogens is 720 g/mol. The molecule has 3 aliphatic heterocycles. The molecule has 0 saturated carbocycles. The van der Waals surface area contributed by atoms with Crippen LogP contribution >= 0.6 is 0 Å². The number of hydrogen-bond donors (Lipinski definition) is 8. The molecule has 0 spiro atoms. The lowest BCUT2D eigenvalue weighted by atomic mass is 9.98. The maximum Gasteiger partial charge on any atom is 0.331 e. The first-order valence-electron chi connectivity index (χ1n) is 17.3. The van der Waals surface area contributed by atoms with E-state index in [4.69, 9.17) is 42.6 Å². The van der Waals surface area contributed by atoms with Crippen molar-refractivity contribution in [3.8, 4) is 17.2 Å². The van der Waals surface area contributed by atoms with Gasteiger partial charge in [0.15, 0.2) is 36.5 Å². The number of aromatic hydroxyl groups is 1. The minimum atomic E-state index is -1.76. The number of esters is 1. The third kappa shape index (κ3) is 10.0. The third-order valence-electron chi connectivity index (χ3n) is 9.27. The fourth-order valence-electron chi connectivity index (χ4n) is 6.13. The topological polar surface area (TPSA) is 262 Å². The van der Waals surface area contributed by atoms with Crippen LogP contribution in [0.25, 0.3) is 6.08 Å². The summed E-state index contributed by atoms with van der Waals surface area (Å²) in [6, 6.07) is 11.4. The number of phenols is 1. The molecule has 2 aromatic carbocycles. The number of ether oxygens (including phenoxy) is 9. The van der Waals surface area contributed by atoms with Gasteiger partial charge >= 0.3 is 5.97 Å². The molecule has 0 radical (unpaired) electrons. The number of carbonyl (C=O) groups excluding carboxylic acids is 1. The molecule has 18 heteroatoms. The van der Waals surface area contributed by atoms with Crippen LogP contribution in [0.1, 0.15) is 18.1 Å². The van der Waals surface area contributed by atoms with Crippen LogP contribution in [0.15, 0.2) is 48.5 Å². The van der Waals surface area contributed by atoms with Crippen molar-refractivity contribution >= 4 is 12.0 Å². The van der Waals surface area contributed by atoms with E-state index in [9.17, 15) is 45.6 Å². The van der Waals surface area contributed by atoms with Crippen molar-refractivity contribution in [3.05, 3.63) is 59.7 Å². The van der Waals surface area contributed by atoms with Gasteiger partial charge in [0.05, 0.1) is 40.1 Å². The minimum Gasteiger partial charge on any atom is -0.508 e. The summed E-state index contributed by atoms with van der Waals surface area (Å²) in [5.74, 6) is 0.136. The van der Waals surface area contributed by atoms with Crippen LogP contribution in [-0.2, 0) is 44.4 Å². The highest BCUT2D eigenvalue weighted by Gasteiger charge is 2.51. The lowest BCUT2D eigenvalue weighted by Gasteiger charge is -2.46. The van der Waals surface area contributed by atoms with Crippen molar-refractivity contribution < 1.29 is 88.3 Å². The number of aliphatic hydroxyl groups excluding tert-OH is 7. The van der Waals surface area contributed by atoms with Crippen LogP contribution in [0.4, 0.5) is 0 Å². The lowest BCUT2D eigenvalue weighted by Crippen LogP contribution is -2.64. The average molecular weight is 769 g/mol. The molecule has 0 aliphatic carbocycles. The summed E-state index contributed by atoms with van der Waals surface area (Å²) >= 11 is 0. The van der Waals surface area contributed by atoms with Crippen LogP contribution in [0.5, 0.6) is 17.2 Å². The largest absolute Gasteiger partial charge is 0.508 e. The summed E-state index contributed by atoms with van der Waals surface area (Å²) in [6.45, 7) is 0.624. The maximum absolute atomic E-state index is 13.1. The van der Waals surface area contributed by atoms with E-state index in [2.05, 4.69) is 0 Å². The Hall–Kier alpha value is -3.47. The maximum atomic E-state index is 13.1. The smallest absolute Gasteiger partial charge is 0.331 e. The number of phenolic OH excluding ortho intramolecular Hbond substituents is 1. The number of aliphatic hydroxyl groups is 7. The summed E-state index contributed by atoms with van der Waals surface area (Å²) in [6.07, 6.45) is -18.3. The monoisotopic (exact) mass is 768 g/mol. The number of carbonyl (C=O) groups is 1. The van der Waals surface area contributed by atoms with Gasteiger partial charge in [-0.15, -0.1) is 0 Å². The first kappa shape index (κ1) is 41.7. The fourth-order valence-corrected chi connectivity index (χ4v) is 6.13. The SMILES string of the molecule is COc1ccc(C=CC(=O)O[C@H]2[C@@H](O[C@@H]3OC[C@H](O)[C@H](O)[C@H]3O)[C@H](O)[C@H](OC[C@H]3O[C@H](OCCc4ccc(O)cc4)[C@H](O)[C@@H](O)[C@H]3O)O[C@H]2C)cc1OC. The third-order valence-corrected chi connectivity index (χ3v) is 9.27. The van der Waals surface area contributed by atoms with Gasteiger partial charge in [-0.05, 0) is 54.8 Å². The van der Waals surface area contributed by atoms with E-state index in [0.29, 0.717) is 23.5 Å². The second kappa shape index (κ2) is 18.9. The Morgan fingerprint density at radius 3 is 2.17 bits per heavy atom. The second-order valence-electron chi connectivity index (χ2n) is 13.0. The van der Waals surface area contributed by atoms with Gasteiger partial charge in [0, 0.05) is 6.08 Å². The van der Waals surface area contributed by atoms with Crippen LogP contribution < -0.4 is 9.47 Å². The molecule has 8 N–H and O–H groups in total. The molecule has 0 bridgehead atoms. The predicted octanol–water partition coefficient (Wildman–Crippen LogP) is -1.65. The molecule has 2 aromatic rings. The highest BCUT2D eigenvalue weighted by molar-refractivity contribution is 5.87. The van der Waals surface area contributed by atoms with E-state index >= 15 is 0 Å². The van der Waals surface area contributed by atoms with Crippen molar-refractivity contribution in [1.29, 1.82) is 0 Å². The molecule has 3 aliphatic rings. The van der Waals surface area contributed by atoms with E-state index in [1.807, 2.05) is 0 Å². The van der Waals surface area contributed by atoms with Gasteiger partial charge in [0.1, 0.15) is 60.7 Å². The van der Waals surface area contributed by atoms with Crippen molar-refractivity contribution in [3.63, 3.8) is 0 Å². The summed E-state index contributed by atoms with van der Waals surface area (Å²) in [5.41, 5.74) is 1.39. The van der Waals surface area contributed by atoms with E-state index in [1.54, 1.807) is 30.3 Å². The Morgan fingerprint density at radius 1 is 0.778 bits per heavy atom. The zero-order valence-electron chi connectivity index (χ0n) is 29.8. The van der Waals surface area contributed by atoms with Crippen LogP contribution in [0.2, 0.25) is 0 Å². The summed E-state index contributed by atoms with van der Waals surface area (Å²) in [4.78, 5) is 13.1. The Kier molecular flexibility index (Phi) is 14.6. The van der Waals surface area contributed by atoms with Crippen molar-refractivity contribution in [2.75, 3.05) is 34.0 Å². The van der Waals surface area contributed by atoms with Gasteiger partial charge < -0.3 is 83.5 Å². The number of hydrogen-bond acceptors (Lipinski definition) is 18. The normalized spacial score (nSPS) is 35.8. The molecule has 300 valence electrons. The zero-order valence-corrected chi connectivity index (χ0v) is 29.8. The van der Waals surface area contributed by atoms with Gasteiger partial charge in [-0.3, -0.25) is 0 Å². The van der Waals surface area contributed by atoms with E-state index in [1.165, 1.54) is 39.4 Å². The predicted molar refractivity (Wildman–Crippen MR) is 182 cm³/mol. The fraction of sp³-hybridized carbons (Fsp3) is 0.583. The molecule has 14 atom stereocenters. The Labute approximate surface area is 310 Å². The molecular formula is C36H48O18. The average Bonchev–Trinajstić information content (AvgIpc) is 3.17. The molecule has 0 aromatic heterocycles. The molecule has 5 rings (SSSR count). The van der Waals surface area contributed by atoms with Crippen LogP contribution in [-0.4, -0.2) is 167 Å². The quantitative estimate of drug-likeness (QED) is 0.0791. The molecule has 3 heterocycles. The molecule has 3 fully saturated rings. The number of benzene rings is 2. The first-order valence-corrected chi connectivity index (χ1v) is 17.3. The molecule has 0 unspecified atom stereocenters. The summed E-state index contributed by atoms with van der Waals surface area (Å²) in [5, 5.41) is 83.4. The standard InChI is InChI=1S/C36H48O18/c1-17-32(53-25(39)11-7-19-6-10-22(46-2)23(14-19)47-3)33(54-35-29(43)26(40)21(38)15-49-35)31(45)36(51-17)50-16-24-27(41)28(42)30(44)34(52-24)48-13-12-18-4-8-20(37)9-5-18/h4-11,14,17,21,24,26-38,40-45H,12-13,15-16H2,1-3H3/t17-,21-,24+,26-,27-,28-,29+,30+,31-,32+,33-,34-,35-,36+/m0/s1. The van der Waals surface area contributed by atoms with Gasteiger partial charge in [0.2, 0.25) is 0 Å². The number of rotatable bonds is 14. The van der Waals surface area contributed by atoms with E-state index < -0.39 is 105 Å². The zero-order chi connectivity index (χ0) is 39.1. The highest BCUT2D eigenvalue weighted by atomic mass is 16.7. The van der Waals surface area contributed by atoms with Crippen LogP contribution in [0.3, 0.4) is 0 Å². The van der Waals surface area contributed by atoms with Gasteiger partial charge in [-0.2, -0.15) is 0 Å². The molecule has 18 nitrogen and oxygen atoms in total. The van der Waals surface area contributed by atoms with Crippen molar-refractivity contribution in [2.24, 2.45) is 0 Å². The second-order valence-corrected chi connectivity index (χ2v) is 13.0. The summed E-state index contributed by atoms with van der Waals surface area (Å²) < 4.78 is 50.5. The van der Waals surface area contributed by atoms with Gasteiger partial charge in [0.25, 0.3) is 0 Å². The first-order chi connectivity index (χ1) is 25.8. The van der Waals surface area contributed by atoms with Crippen LogP contribution in [0, 0.1) is 0 Å². The molecule has 3 saturated heterocycles. The summed E-state index contributed by atoms with van der Waals surface area (Å²) in [7, 11) is 2.95. The molecule has 0 amide bonds. The van der Waals surface area contributed by atoms with E-state index in [0.717, 1.165) is 11.6 Å². The Morgan fingerprint density at radius 2 is 1.46 bits per heavy atom. The lowest BCUT2D eigenvalue weighted by molar-refractivity contribution is -0.354. The van der Waals surface area contributed by atoms with E-state index in [-0.39, 0.29) is 12.4 Å². The Balaban J connectivity index is 1.26. The van der Waals surface area contributed by atoms with Crippen molar-refractivity contribution in [2.45, 2.75) is 99.4 Å². The molecule has 54 heavy (non-hydrogen) atoms. The number of methoxy groups -OCH3 is 2. The van der Waals surface area contributed by atoms with Gasteiger partial charge in [-0.25, -0.2) is 4.79 Å².